The molecule has 25 heavy (non-hydrogen) atoms. The maximum atomic E-state index is 11.6. The van der Waals surface area contributed by atoms with Crippen molar-refractivity contribution < 1.29 is 23.8 Å². The summed E-state index contributed by atoms with van der Waals surface area (Å²) in [5.41, 5.74) is 2.79. The number of hydrogen-bond acceptors (Lipinski definition) is 6. The number of aromatic amines is 1. The van der Waals surface area contributed by atoms with Crippen molar-refractivity contribution in [2.24, 2.45) is 0 Å². The number of esters is 2. The summed E-state index contributed by atoms with van der Waals surface area (Å²) < 4.78 is 14.5. The number of carbonyl (C=O) groups is 2. The highest BCUT2D eigenvalue weighted by Crippen LogP contribution is 2.23. The number of nitrogens with one attached hydrogen (secondary N) is 1. The van der Waals surface area contributed by atoms with Crippen molar-refractivity contribution in [1.82, 2.24) is 9.97 Å². The zero-order valence-electron chi connectivity index (χ0n) is 13.7. The molecule has 1 heterocycles. The first-order valence-corrected chi connectivity index (χ1v) is 7.49. The molecule has 3 rings (SSSR count). The highest BCUT2D eigenvalue weighted by molar-refractivity contribution is 5.94. The van der Waals surface area contributed by atoms with Crippen LogP contribution in [-0.2, 0) is 14.3 Å². The summed E-state index contributed by atoms with van der Waals surface area (Å²) in [5, 5.41) is 0. The van der Waals surface area contributed by atoms with E-state index < -0.39 is 11.9 Å². The number of imidazole rings is 1. The van der Waals surface area contributed by atoms with Crippen LogP contribution < -0.4 is 4.74 Å². The third-order valence-electron chi connectivity index (χ3n) is 3.62. The van der Waals surface area contributed by atoms with Crippen LogP contribution in [0.3, 0.4) is 0 Å². The first-order valence-electron chi connectivity index (χ1n) is 7.49. The summed E-state index contributed by atoms with van der Waals surface area (Å²) in [5.74, 6) is 0.378. The first-order chi connectivity index (χ1) is 12.1. The summed E-state index contributed by atoms with van der Waals surface area (Å²) in [6, 6.07) is 12.3. The van der Waals surface area contributed by atoms with E-state index in [0.717, 1.165) is 16.6 Å². The van der Waals surface area contributed by atoms with Crippen molar-refractivity contribution >= 4 is 23.0 Å². The van der Waals surface area contributed by atoms with Crippen molar-refractivity contribution in [1.29, 1.82) is 0 Å². The number of aromatic nitrogens is 2. The van der Waals surface area contributed by atoms with Crippen LogP contribution >= 0.6 is 0 Å². The van der Waals surface area contributed by atoms with Crippen molar-refractivity contribution in [3.05, 3.63) is 48.0 Å². The summed E-state index contributed by atoms with van der Waals surface area (Å²) in [7, 11) is 2.65. The number of ether oxygens (including phenoxy) is 3. The lowest BCUT2D eigenvalue weighted by Crippen LogP contribution is -2.12. The maximum absolute atomic E-state index is 11.6. The van der Waals surface area contributed by atoms with Crippen LogP contribution in [-0.4, -0.2) is 42.7 Å². The van der Waals surface area contributed by atoms with Crippen LogP contribution in [0.25, 0.3) is 22.4 Å². The van der Waals surface area contributed by atoms with Crippen LogP contribution in [0.5, 0.6) is 5.75 Å². The van der Waals surface area contributed by atoms with Gasteiger partial charge in [0.25, 0.3) is 0 Å². The van der Waals surface area contributed by atoms with Crippen LogP contribution in [0.15, 0.2) is 42.5 Å². The molecule has 3 aromatic rings. The molecular formula is C18H16N2O5. The normalized spacial score (nSPS) is 10.5. The minimum absolute atomic E-state index is 0.142. The number of hydrogen-bond donors (Lipinski definition) is 1. The van der Waals surface area contributed by atoms with Gasteiger partial charge in [-0.05, 0) is 42.5 Å². The minimum Gasteiger partial charge on any atom is -0.482 e. The molecule has 0 aliphatic rings. The van der Waals surface area contributed by atoms with Gasteiger partial charge in [-0.15, -0.1) is 0 Å². The lowest BCUT2D eigenvalue weighted by atomic mass is 10.2. The second-order valence-electron chi connectivity index (χ2n) is 5.20. The molecular weight excluding hydrogens is 324 g/mol. The largest absolute Gasteiger partial charge is 0.482 e. The van der Waals surface area contributed by atoms with E-state index in [4.69, 9.17) is 9.47 Å². The van der Waals surface area contributed by atoms with E-state index >= 15 is 0 Å². The van der Waals surface area contributed by atoms with Gasteiger partial charge in [-0.25, -0.2) is 14.6 Å². The average Bonchev–Trinajstić information content (AvgIpc) is 3.09. The van der Waals surface area contributed by atoms with Crippen molar-refractivity contribution in [2.45, 2.75) is 0 Å². The Morgan fingerprint density at radius 3 is 2.48 bits per heavy atom. The zero-order valence-corrected chi connectivity index (χ0v) is 13.7. The van der Waals surface area contributed by atoms with Gasteiger partial charge in [-0.1, -0.05) is 0 Å². The molecule has 0 radical (unpaired) electrons. The third kappa shape index (κ3) is 3.60. The number of rotatable bonds is 5. The minimum atomic E-state index is -0.442. The van der Waals surface area contributed by atoms with Gasteiger partial charge in [0, 0.05) is 5.56 Å². The molecule has 1 N–H and O–H groups in total. The maximum Gasteiger partial charge on any atom is 0.343 e. The summed E-state index contributed by atoms with van der Waals surface area (Å²) in [6.07, 6.45) is 0. The second-order valence-corrected chi connectivity index (χ2v) is 5.20. The molecule has 7 heteroatoms. The average molecular weight is 340 g/mol. The van der Waals surface area contributed by atoms with Crippen molar-refractivity contribution in [3.63, 3.8) is 0 Å². The molecule has 2 aromatic carbocycles. The molecule has 0 aliphatic carbocycles. The van der Waals surface area contributed by atoms with Gasteiger partial charge < -0.3 is 19.2 Å². The van der Waals surface area contributed by atoms with Gasteiger partial charge in [0.05, 0.1) is 30.8 Å². The van der Waals surface area contributed by atoms with E-state index in [1.807, 2.05) is 12.1 Å². The predicted molar refractivity (Wildman–Crippen MR) is 90.4 cm³/mol. The lowest BCUT2D eigenvalue weighted by Gasteiger charge is -2.05. The van der Waals surface area contributed by atoms with E-state index in [1.54, 1.807) is 30.3 Å². The van der Waals surface area contributed by atoms with E-state index in [1.165, 1.54) is 14.2 Å². The fourth-order valence-electron chi connectivity index (χ4n) is 2.30. The summed E-state index contributed by atoms with van der Waals surface area (Å²) in [6.45, 7) is -0.142. The topological polar surface area (TPSA) is 90.5 Å². The molecule has 0 unspecified atom stereocenters. The fraction of sp³-hybridized carbons (Fsp3) is 0.167. The Balaban J connectivity index is 1.81. The number of nitrogens with zero attached hydrogens (tertiary/aromatic N) is 1. The molecule has 0 amide bonds. The Kier molecular flexibility index (Phi) is 4.65. The number of H-pyrrole nitrogens is 1. The SMILES string of the molecule is COC(=O)COc1ccc(-c2nc3ccc(C(=O)OC)cc3[nH]2)cc1. The number of benzene rings is 2. The van der Waals surface area contributed by atoms with Crippen LogP contribution in [0.2, 0.25) is 0 Å². The Morgan fingerprint density at radius 2 is 1.80 bits per heavy atom. The number of methoxy groups -OCH3 is 2. The molecule has 0 atom stereocenters. The molecule has 0 saturated carbocycles. The predicted octanol–water partition coefficient (Wildman–Crippen LogP) is 2.57. The Labute approximate surface area is 143 Å². The first kappa shape index (κ1) is 16.5. The van der Waals surface area contributed by atoms with E-state index in [-0.39, 0.29) is 6.61 Å². The van der Waals surface area contributed by atoms with Gasteiger partial charge in [0.2, 0.25) is 0 Å². The standard InChI is InChI=1S/C18H16N2O5/c1-23-16(21)10-25-13-6-3-11(4-7-13)17-19-14-8-5-12(18(22)24-2)9-15(14)20-17/h3-9H,10H2,1-2H3,(H,19,20). The molecule has 0 bridgehead atoms. The van der Waals surface area contributed by atoms with Crippen LogP contribution in [0.4, 0.5) is 0 Å². The van der Waals surface area contributed by atoms with Gasteiger partial charge in [-0.3, -0.25) is 0 Å². The van der Waals surface area contributed by atoms with E-state index in [0.29, 0.717) is 17.1 Å². The summed E-state index contributed by atoms with van der Waals surface area (Å²) >= 11 is 0. The van der Waals surface area contributed by atoms with Gasteiger partial charge in [0.1, 0.15) is 11.6 Å². The van der Waals surface area contributed by atoms with Crippen LogP contribution in [0, 0.1) is 0 Å². The van der Waals surface area contributed by atoms with Gasteiger partial charge >= 0.3 is 11.9 Å². The Hall–Kier alpha value is -3.35. The number of carbonyl (C=O) groups excluding carboxylic acids is 2. The number of fused-ring (bicyclic) bond motifs is 1. The summed E-state index contributed by atoms with van der Waals surface area (Å²) in [4.78, 5) is 30.4. The van der Waals surface area contributed by atoms with Crippen LogP contribution in [0.1, 0.15) is 10.4 Å². The molecule has 1 aromatic heterocycles. The fourth-order valence-corrected chi connectivity index (χ4v) is 2.30. The van der Waals surface area contributed by atoms with Crippen molar-refractivity contribution in [3.8, 4) is 17.1 Å². The van der Waals surface area contributed by atoms with E-state index in [9.17, 15) is 9.59 Å². The Morgan fingerprint density at radius 1 is 1.04 bits per heavy atom. The monoisotopic (exact) mass is 340 g/mol. The molecule has 0 aliphatic heterocycles. The van der Waals surface area contributed by atoms with Crippen molar-refractivity contribution in [2.75, 3.05) is 20.8 Å². The third-order valence-corrected chi connectivity index (χ3v) is 3.62. The quantitative estimate of drug-likeness (QED) is 0.718. The second kappa shape index (κ2) is 7.04. The molecule has 0 spiro atoms. The van der Waals surface area contributed by atoms with Gasteiger partial charge in [0.15, 0.2) is 6.61 Å². The smallest absolute Gasteiger partial charge is 0.343 e. The molecule has 128 valence electrons. The zero-order chi connectivity index (χ0) is 17.8. The highest BCUT2D eigenvalue weighted by Gasteiger charge is 2.10. The molecule has 0 saturated heterocycles. The highest BCUT2D eigenvalue weighted by atomic mass is 16.6. The molecule has 7 nitrogen and oxygen atoms in total. The van der Waals surface area contributed by atoms with Gasteiger partial charge in [-0.2, -0.15) is 0 Å². The van der Waals surface area contributed by atoms with E-state index in [2.05, 4.69) is 14.7 Å². The molecule has 0 fully saturated rings. The Bertz CT molecular complexity index is 915. The lowest BCUT2D eigenvalue weighted by molar-refractivity contribution is -0.142.